The minimum absolute atomic E-state index is 0.108. The molecule has 0 fully saturated rings. The van der Waals surface area contributed by atoms with E-state index < -0.39 is 0 Å². The third-order valence-electron chi connectivity index (χ3n) is 3.06. The van der Waals surface area contributed by atoms with Crippen LogP contribution in [0.25, 0.3) is 10.2 Å². The predicted molar refractivity (Wildman–Crippen MR) is 97.5 cm³/mol. The number of hydrogen-bond donors (Lipinski definition) is 1. The number of halogens is 1. The van der Waals surface area contributed by atoms with Gasteiger partial charge in [-0.05, 0) is 56.3 Å². The third kappa shape index (κ3) is 3.89. The van der Waals surface area contributed by atoms with E-state index >= 15 is 0 Å². The molecule has 23 heavy (non-hydrogen) atoms. The Balaban J connectivity index is 1.74. The number of carbonyl (C=O) groups excluding carboxylic acids is 1. The topological polar surface area (TPSA) is 51.2 Å². The number of nitrogens with one attached hydrogen (secondary N) is 1. The molecule has 0 atom stereocenters. The van der Waals surface area contributed by atoms with Crippen molar-refractivity contribution in [3.05, 3.63) is 52.5 Å². The Morgan fingerprint density at radius 1 is 1.22 bits per heavy atom. The van der Waals surface area contributed by atoms with Gasteiger partial charge in [0.15, 0.2) is 5.13 Å². The average Bonchev–Trinajstić information content (AvgIpc) is 2.88. The van der Waals surface area contributed by atoms with Crippen molar-refractivity contribution in [1.82, 2.24) is 4.98 Å². The molecule has 3 rings (SSSR count). The molecule has 0 saturated heterocycles. The number of hydrogen-bond acceptors (Lipinski definition) is 4. The van der Waals surface area contributed by atoms with Crippen LogP contribution in [0, 0.1) is 0 Å². The smallest absolute Gasteiger partial charge is 0.257 e. The number of thiazole rings is 1. The SMILES string of the molecule is CC(C)Oc1ccc(C(=O)Nc2nc3ccc(Br)cc3s2)cc1. The maximum atomic E-state index is 12.3. The summed E-state index contributed by atoms with van der Waals surface area (Å²) in [5.41, 5.74) is 1.44. The fourth-order valence-corrected chi connectivity index (χ4v) is 3.49. The molecule has 0 aliphatic rings. The highest BCUT2D eigenvalue weighted by molar-refractivity contribution is 9.10. The molecule has 0 aliphatic heterocycles. The molecule has 0 saturated carbocycles. The summed E-state index contributed by atoms with van der Waals surface area (Å²) < 4.78 is 7.59. The lowest BCUT2D eigenvalue weighted by Gasteiger charge is -2.09. The van der Waals surface area contributed by atoms with Gasteiger partial charge in [-0.15, -0.1) is 0 Å². The summed E-state index contributed by atoms with van der Waals surface area (Å²) in [7, 11) is 0. The van der Waals surface area contributed by atoms with Gasteiger partial charge in [0.2, 0.25) is 0 Å². The van der Waals surface area contributed by atoms with Crippen LogP contribution in [-0.4, -0.2) is 17.0 Å². The first-order chi connectivity index (χ1) is 11.0. The van der Waals surface area contributed by atoms with Crippen molar-refractivity contribution in [3.8, 4) is 5.75 Å². The molecule has 1 amide bonds. The Morgan fingerprint density at radius 2 is 1.96 bits per heavy atom. The lowest BCUT2D eigenvalue weighted by Crippen LogP contribution is -2.11. The zero-order valence-corrected chi connectivity index (χ0v) is 15.1. The Kier molecular flexibility index (Phi) is 4.63. The number of amides is 1. The number of rotatable bonds is 4. The first-order valence-electron chi connectivity index (χ1n) is 7.15. The van der Waals surface area contributed by atoms with Crippen molar-refractivity contribution in [2.75, 3.05) is 5.32 Å². The van der Waals surface area contributed by atoms with Crippen molar-refractivity contribution in [2.45, 2.75) is 20.0 Å². The van der Waals surface area contributed by atoms with Gasteiger partial charge in [-0.1, -0.05) is 27.3 Å². The van der Waals surface area contributed by atoms with E-state index in [4.69, 9.17) is 4.74 Å². The molecule has 1 heterocycles. The van der Waals surface area contributed by atoms with Crippen LogP contribution in [0.3, 0.4) is 0 Å². The second kappa shape index (κ2) is 6.68. The lowest BCUT2D eigenvalue weighted by atomic mass is 10.2. The van der Waals surface area contributed by atoms with E-state index in [0.717, 1.165) is 20.4 Å². The third-order valence-corrected chi connectivity index (χ3v) is 4.49. The van der Waals surface area contributed by atoms with Crippen LogP contribution in [0.5, 0.6) is 5.75 Å². The Morgan fingerprint density at radius 3 is 2.65 bits per heavy atom. The van der Waals surface area contributed by atoms with E-state index in [9.17, 15) is 4.79 Å². The van der Waals surface area contributed by atoms with Gasteiger partial charge >= 0.3 is 0 Å². The van der Waals surface area contributed by atoms with Crippen molar-refractivity contribution >= 4 is 48.5 Å². The normalized spacial score (nSPS) is 11.0. The van der Waals surface area contributed by atoms with Gasteiger partial charge in [0.25, 0.3) is 5.91 Å². The van der Waals surface area contributed by atoms with Crippen LogP contribution in [0.2, 0.25) is 0 Å². The summed E-state index contributed by atoms with van der Waals surface area (Å²) in [6, 6.07) is 12.9. The molecular formula is C17H15BrN2O2S. The Hall–Kier alpha value is -1.92. The molecule has 0 radical (unpaired) electrons. The van der Waals surface area contributed by atoms with E-state index in [1.54, 1.807) is 24.3 Å². The number of benzene rings is 2. The Labute approximate surface area is 146 Å². The molecule has 3 aromatic rings. The first-order valence-corrected chi connectivity index (χ1v) is 8.76. The van der Waals surface area contributed by atoms with Crippen molar-refractivity contribution in [2.24, 2.45) is 0 Å². The van der Waals surface area contributed by atoms with Crippen molar-refractivity contribution in [3.63, 3.8) is 0 Å². The summed E-state index contributed by atoms with van der Waals surface area (Å²) >= 11 is 4.88. The fraction of sp³-hybridized carbons (Fsp3) is 0.176. The minimum atomic E-state index is -0.181. The van der Waals surface area contributed by atoms with Gasteiger partial charge in [0, 0.05) is 10.0 Å². The number of fused-ring (bicyclic) bond motifs is 1. The number of carbonyl (C=O) groups is 1. The summed E-state index contributed by atoms with van der Waals surface area (Å²) in [6.07, 6.45) is 0.108. The van der Waals surface area contributed by atoms with Crippen LogP contribution < -0.4 is 10.1 Å². The number of aromatic nitrogens is 1. The zero-order chi connectivity index (χ0) is 16.4. The van der Waals surface area contributed by atoms with Crippen molar-refractivity contribution in [1.29, 1.82) is 0 Å². The van der Waals surface area contributed by atoms with Crippen LogP contribution >= 0.6 is 27.3 Å². The van der Waals surface area contributed by atoms with E-state index in [2.05, 4.69) is 26.2 Å². The molecule has 0 spiro atoms. The van der Waals surface area contributed by atoms with Gasteiger partial charge in [0.1, 0.15) is 5.75 Å². The fourth-order valence-electron chi connectivity index (χ4n) is 2.08. The molecular weight excluding hydrogens is 376 g/mol. The molecule has 4 nitrogen and oxygen atoms in total. The maximum Gasteiger partial charge on any atom is 0.257 e. The summed E-state index contributed by atoms with van der Waals surface area (Å²) in [5, 5.41) is 3.43. The summed E-state index contributed by atoms with van der Waals surface area (Å²) in [4.78, 5) is 16.7. The zero-order valence-electron chi connectivity index (χ0n) is 12.7. The van der Waals surface area contributed by atoms with Crippen LogP contribution in [0.4, 0.5) is 5.13 Å². The first kappa shape index (κ1) is 16.0. The monoisotopic (exact) mass is 390 g/mol. The quantitative estimate of drug-likeness (QED) is 0.673. The Bertz CT molecular complexity index is 843. The molecule has 1 aromatic heterocycles. The van der Waals surface area contributed by atoms with Crippen LogP contribution in [-0.2, 0) is 0 Å². The largest absolute Gasteiger partial charge is 0.491 e. The van der Waals surface area contributed by atoms with Gasteiger partial charge in [-0.25, -0.2) is 4.98 Å². The molecule has 1 N–H and O–H groups in total. The lowest BCUT2D eigenvalue weighted by molar-refractivity contribution is 0.102. The molecule has 0 unspecified atom stereocenters. The van der Waals surface area contributed by atoms with Gasteiger partial charge in [0.05, 0.1) is 16.3 Å². The van der Waals surface area contributed by atoms with E-state index in [0.29, 0.717) is 10.7 Å². The van der Waals surface area contributed by atoms with E-state index in [-0.39, 0.29) is 12.0 Å². The summed E-state index contributed by atoms with van der Waals surface area (Å²) in [5.74, 6) is 0.570. The maximum absolute atomic E-state index is 12.3. The van der Waals surface area contributed by atoms with Crippen LogP contribution in [0.1, 0.15) is 24.2 Å². The molecule has 0 bridgehead atoms. The average molecular weight is 391 g/mol. The second-order valence-corrected chi connectivity index (χ2v) is 7.22. The molecule has 118 valence electrons. The summed E-state index contributed by atoms with van der Waals surface area (Å²) in [6.45, 7) is 3.93. The van der Waals surface area contributed by atoms with Crippen LogP contribution in [0.15, 0.2) is 46.9 Å². The predicted octanol–water partition coefficient (Wildman–Crippen LogP) is 5.10. The minimum Gasteiger partial charge on any atom is -0.491 e. The highest BCUT2D eigenvalue weighted by Crippen LogP contribution is 2.28. The molecule has 2 aromatic carbocycles. The number of ether oxygens (including phenoxy) is 1. The van der Waals surface area contributed by atoms with Gasteiger partial charge < -0.3 is 4.74 Å². The highest BCUT2D eigenvalue weighted by Gasteiger charge is 2.10. The highest BCUT2D eigenvalue weighted by atomic mass is 79.9. The molecule has 6 heteroatoms. The number of anilines is 1. The standard InChI is InChI=1S/C17H15BrN2O2S/c1-10(2)22-13-6-3-11(4-7-13)16(21)20-17-19-14-8-5-12(18)9-15(14)23-17/h3-10H,1-2H3,(H,19,20,21). The van der Waals surface area contributed by atoms with E-state index in [1.807, 2.05) is 32.0 Å². The van der Waals surface area contributed by atoms with Gasteiger partial charge in [-0.2, -0.15) is 0 Å². The molecule has 0 aliphatic carbocycles. The second-order valence-electron chi connectivity index (χ2n) is 5.28. The van der Waals surface area contributed by atoms with Gasteiger partial charge in [-0.3, -0.25) is 10.1 Å². The van der Waals surface area contributed by atoms with E-state index in [1.165, 1.54) is 11.3 Å². The number of nitrogens with zero attached hydrogens (tertiary/aromatic N) is 1. The van der Waals surface area contributed by atoms with Crippen molar-refractivity contribution < 1.29 is 9.53 Å².